The molecule has 138 valence electrons. The molecule has 0 aromatic heterocycles. The Morgan fingerprint density at radius 3 is 1.87 bits per heavy atom. The lowest BCUT2D eigenvalue weighted by atomic mass is 9.61. The van der Waals surface area contributed by atoms with Crippen LogP contribution in [0.3, 0.4) is 0 Å². The normalized spacial score (nSPS) is 34.7. The van der Waals surface area contributed by atoms with Crippen LogP contribution in [0.25, 0.3) is 0 Å². The smallest absolute Gasteiger partial charge is 0.107 e. The summed E-state index contributed by atoms with van der Waals surface area (Å²) in [5.41, 5.74) is -0.533. The van der Waals surface area contributed by atoms with E-state index in [1.807, 2.05) is 13.8 Å². The Labute approximate surface area is 142 Å². The highest BCUT2D eigenvalue weighted by molar-refractivity contribution is 5.02. The second-order valence-electron chi connectivity index (χ2n) is 8.89. The highest BCUT2D eigenvalue weighted by Crippen LogP contribution is 2.48. The molecule has 1 heterocycles. The van der Waals surface area contributed by atoms with Crippen molar-refractivity contribution in [3.05, 3.63) is 0 Å². The molecule has 6 atom stereocenters. The third kappa shape index (κ3) is 3.76. The molecule has 0 amide bonds. The first kappa shape index (κ1) is 20.9. The molecule has 0 aromatic carbocycles. The predicted octanol–water partition coefficient (Wildman–Crippen LogP) is 2.84. The van der Waals surface area contributed by atoms with E-state index in [2.05, 4.69) is 41.5 Å². The lowest BCUT2D eigenvalue weighted by Gasteiger charge is -2.54. The van der Waals surface area contributed by atoms with Crippen molar-refractivity contribution in [1.29, 1.82) is 0 Å². The van der Waals surface area contributed by atoms with Crippen LogP contribution in [0.1, 0.15) is 61.8 Å². The molecular weight excluding hydrogens is 292 g/mol. The van der Waals surface area contributed by atoms with Crippen LogP contribution < -0.4 is 0 Å². The van der Waals surface area contributed by atoms with Gasteiger partial charge in [0.1, 0.15) is 6.10 Å². The van der Waals surface area contributed by atoms with Crippen molar-refractivity contribution in [2.45, 2.75) is 86.2 Å². The number of hydrogen-bond acceptors (Lipinski definition) is 4. The van der Waals surface area contributed by atoms with Gasteiger partial charge in [-0.2, -0.15) is 0 Å². The SMILES string of the molecule is CCC(C)C(C)(C)C1C(CO)OC(C(C)(C)C(C)C)C(O)C1O. The van der Waals surface area contributed by atoms with E-state index in [4.69, 9.17) is 4.74 Å². The number of rotatable bonds is 6. The summed E-state index contributed by atoms with van der Waals surface area (Å²) in [6.45, 7) is 16.6. The Morgan fingerprint density at radius 1 is 0.957 bits per heavy atom. The van der Waals surface area contributed by atoms with Gasteiger partial charge in [0.25, 0.3) is 0 Å². The van der Waals surface area contributed by atoms with E-state index in [-0.39, 0.29) is 29.3 Å². The van der Waals surface area contributed by atoms with Gasteiger partial charge >= 0.3 is 0 Å². The summed E-state index contributed by atoms with van der Waals surface area (Å²) in [5, 5.41) is 31.5. The molecule has 1 aliphatic rings. The summed E-state index contributed by atoms with van der Waals surface area (Å²) in [6.07, 6.45) is -1.80. The van der Waals surface area contributed by atoms with Crippen molar-refractivity contribution in [1.82, 2.24) is 0 Å². The highest BCUT2D eigenvalue weighted by Gasteiger charge is 2.54. The average Bonchev–Trinajstić information content (AvgIpc) is 2.47. The van der Waals surface area contributed by atoms with Crippen molar-refractivity contribution in [3.63, 3.8) is 0 Å². The lowest BCUT2D eigenvalue weighted by Crippen LogP contribution is -2.64. The van der Waals surface area contributed by atoms with Gasteiger partial charge in [0.05, 0.1) is 24.9 Å². The molecule has 1 fully saturated rings. The number of ether oxygens (including phenoxy) is 1. The highest BCUT2D eigenvalue weighted by atomic mass is 16.5. The van der Waals surface area contributed by atoms with Crippen LogP contribution in [0.2, 0.25) is 0 Å². The van der Waals surface area contributed by atoms with Gasteiger partial charge in [-0.3, -0.25) is 0 Å². The van der Waals surface area contributed by atoms with E-state index in [9.17, 15) is 15.3 Å². The Morgan fingerprint density at radius 2 is 1.48 bits per heavy atom. The largest absolute Gasteiger partial charge is 0.394 e. The predicted molar refractivity (Wildman–Crippen MR) is 93.1 cm³/mol. The second kappa shape index (κ2) is 7.38. The fourth-order valence-corrected chi connectivity index (χ4v) is 3.84. The van der Waals surface area contributed by atoms with Gasteiger partial charge in [-0.1, -0.05) is 61.8 Å². The van der Waals surface area contributed by atoms with Gasteiger partial charge in [-0.15, -0.1) is 0 Å². The third-order valence-corrected chi connectivity index (χ3v) is 6.89. The molecule has 0 aliphatic carbocycles. The molecular formula is C19H38O4. The minimum atomic E-state index is -0.941. The Hall–Kier alpha value is -0.160. The van der Waals surface area contributed by atoms with Crippen LogP contribution >= 0.6 is 0 Å². The van der Waals surface area contributed by atoms with E-state index in [1.54, 1.807) is 0 Å². The molecule has 1 aliphatic heterocycles. The van der Waals surface area contributed by atoms with Crippen LogP contribution in [-0.4, -0.2) is 46.3 Å². The fraction of sp³-hybridized carbons (Fsp3) is 1.00. The summed E-state index contributed by atoms with van der Waals surface area (Å²) in [4.78, 5) is 0. The van der Waals surface area contributed by atoms with Gasteiger partial charge in [0.2, 0.25) is 0 Å². The molecule has 4 heteroatoms. The first-order chi connectivity index (χ1) is 10.4. The molecule has 1 rings (SSSR count). The van der Waals surface area contributed by atoms with Gasteiger partial charge < -0.3 is 20.1 Å². The molecule has 0 radical (unpaired) electrons. The number of hydrogen-bond donors (Lipinski definition) is 3. The molecule has 4 nitrogen and oxygen atoms in total. The van der Waals surface area contributed by atoms with Crippen LogP contribution in [0.5, 0.6) is 0 Å². The second-order valence-corrected chi connectivity index (χ2v) is 8.89. The Kier molecular flexibility index (Phi) is 6.70. The van der Waals surface area contributed by atoms with Crippen LogP contribution in [0.15, 0.2) is 0 Å². The fourth-order valence-electron chi connectivity index (χ4n) is 3.84. The minimum Gasteiger partial charge on any atom is -0.394 e. The molecule has 1 saturated heterocycles. The van der Waals surface area contributed by atoms with E-state index < -0.39 is 24.4 Å². The van der Waals surface area contributed by atoms with Gasteiger partial charge in [-0.25, -0.2) is 0 Å². The molecule has 3 N–H and O–H groups in total. The standard InChI is InChI=1S/C19H38O4/c1-9-12(4)19(7,8)14-13(10-20)23-17(16(22)15(14)21)18(5,6)11(2)3/h11-17,20-22H,9-10H2,1-8H3. The first-order valence-electron chi connectivity index (χ1n) is 9.05. The maximum atomic E-state index is 10.9. The van der Waals surface area contributed by atoms with Gasteiger partial charge in [-0.05, 0) is 22.7 Å². The zero-order valence-corrected chi connectivity index (χ0v) is 16.2. The first-order valence-corrected chi connectivity index (χ1v) is 9.05. The third-order valence-electron chi connectivity index (χ3n) is 6.89. The molecule has 0 saturated carbocycles. The van der Waals surface area contributed by atoms with Gasteiger partial charge in [0, 0.05) is 5.92 Å². The summed E-state index contributed by atoms with van der Waals surface area (Å²) >= 11 is 0. The maximum Gasteiger partial charge on any atom is 0.107 e. The van der Waals surface area contributed by atoms with Crippen molar-refractivity contribution >= 4 is 0 Å². The van der Waals surface area contributed by atoms with Crippen LogP contribution in [0, 0.1) is 28.6 Å². The van der Waals surface area contributed by atoms with Crippen molar-refractivity contribution in [2.24, 2.45) is 28.6 Å². The molecule has 0 aromatic rings. The van der Waals surface area contributed by atoms with E-state index in [1.165, 1.54) is 0 Å². The lowest BCUT2D eigenvalue weighted by molar-refractivity contribution is -0.262. The summed E-state index contributed by atoms with van der Waals surface area (Å²) in [7, 11) is 0. The van der Waals surface area contributed by atoms with Crippen molar-refractivity contribution in [3.8, 4) is 0 Å². The van der Waals surface area contributed by atoms with E-state index in [0.29, 0.717) is 5.92 Å². The van der Waals surface area contributed by atoms with Crippen LogP contribution in [0.4, 0.5) is 0 Å². The maximum absolute atomic E-state index is 10.9. The zero-order valence-electron chi connectivity index (χ0n) is 16.2. The van der Waals surface area contributed by atoms with E-state index in [0.717, 1.165) is 6.42 Å². The molecule has 6 unspecified atom stereocenters. The summed E-state index contributed by atoms with van der Waals surface area (Å²) < 4.78 is 6.18. The molecule has 23 heavy (non-hydrogen) atoms. The monoisotopic (exact) mass is 330 g/mol. The minimum absolute atomic E-state index is 0.140. The summed E-state index contributed by atoms with van der Waals surface area (Å²) in [5.74, 6) is 0.339. The summed E-state index contributed by atoms with van der Waals surface area (Å²) in [6, 6.07) is 0. The quantitative estimate of drug-likeness (QED) is 0.700. The molecule has 0 spiro atoms. The topological polar surface area (TPSA) is 69.9 Å². The molecule has 0 bridgehead atoms. The van der Waals surface area contributed by atoms with Crippen LogP contribution in [-0.2, 0) is 4.74 Å². The zero-order chi connectivity index (χ0) is 18.2. The van der Waals surface area contributed by atoms with E-state index >= 15 is 0 Å². The van der Waals surface area contributed by atoms with Crippen molar-refractivity contribution < 1.29 is 20.1 Å². The van der Waals surface area contributed by atoms with Crippen molar-refractivity contribution in [2.75, 3.05) is 6.61 Å². The van der Waals surface area contributed by atoms with Gasteiger partial charge in [0.15, 0.2) is 0 Å². The number of aliphatic hydroxyl groups excluding tert-OH is 3. The number of aliphatic hydroxyl groups is 3. The Bertz CT molecular complexity index is 376. The average molecular weight is 331 g/mol. The Balaban J connectivity index is 3.18.